The number of anilines is 1. The summed E-state index contributed by atoms with van der Waals surface area (Å²) in [6.07, 6.45) is 6.96. The molecule has 0 spiro atoms. The fraction of sp³-hybridized carbons (Fsp3) is 0.500. The van der Waals surface area contributed by atoms with Gasteiger partial charge in [-0.2, -0.15) is 0 Å². The molecule has 1 atom stereocenters. The molecule has 214 valence electrons. The van der Waals surface area contributed by atoms with E-state index in [0.29, 0.717) is 32.7 Å². The number of amides is 2. The highest BCUT2D eigenvalue weighted by molar-refractivity contribution is 7.92. The van der Waals surface area contributed by atoms with Gasteiger partial charge in [-0.1, -0.05) is 73.1 Å². The summed E-state index contributed by atoms with van der Waals surface area (Å²) in [4.78, 5) is 28.6. The average molecular weight is 617 g/mol. The topological polar surface area (TPSA) is 86.8 Å². The molecule has 1 aliphatic rings. The molecular formula is C28H36Cl3N3O4S. The molecule has 0 bridgehead atoms. The number of hydrogen-bond donors (Lipinski definition) is 1. The van der Waals surface area contributed by atoms with Crippen LogP contribution in [0, 0.1) is 0 Å². The molecule has 0 aromatic heterocycles. The van der Waals surface area contributed by atoms with E-state index < -0.39 is 16.1 Å². The first kappa shape index (κ1) is 31.5. The molecule has 39 heavy (non-hydrogen) atoms. The van der Waals surface area contributed by atoms with Gasteiger partial charge in [-0.05, 0) is 56.0 Å². The third-order valence-electron chi connectivity index (χ3n) is 6.98. The Morgan fingerprint density at radius 3 is 2.26 bits per heavy atom. The predicted octanol–water partition coefficient (Wildman–Crippen LogP) is 6.45. The Kier molecular flexibility index (Phi) is 11.8. The maximum Gasteiger partial charge on any atom is 0.243 e. The Bertz CT molecular complexity index is 1230. The van der Waals surface area contributed by atoms with Crippen LogP contribution >= 0.6 is 34.8 Å². The number of nitrogens with zero attached hydrogens (tertiary/aromatic N) is 2. The summed E-state index contributed by atoms with van der Waals surface area (Å²) in [5, 5.41) is 4.37. The quantitative estimate of drug-likeness (QED) is 0.297. The van der Waals surface area contributed by atoms with Gasteiger partial charge < -0.3 is 10.2 Å². The zero-order valence-corrected chi connectivity index (χ0v) is 25.4. The van der Waals surface area contributed by atoms with Crippen LogP contribution in [0.15, 0.2) is 42.5 Å². The first-order valence-corrected chi connectivity index (χ1v) is 16.3. The smallest absolute Gasteiger partial charge is 0.243 e. The Morgan fingerprint density at radius 1 is 1.03 bits per heavy atom. The van der Waals surface area contributed by atoms with Crippen LogP contribution in [0.5, 0.6) is 0 Å². The molecule has 2 aromatic rings. The van der Waals surface area contributed by atoms with Gasteiger partial charge >= 0.3 is 0 Å². The van der Waals surface area contributed by atoms with Gasteiger partial charge in [0.05, 0.1) is 11.9 Å². The maximum atomic E-state index is 13.7. The van der Waals surface area contributed by atoms with E-state index in [2.05, 4.69) is 5.32 Å². The minimum Gasteiger partial charge on any atom is -0.352 e. The summed E-state index contributed by atoms with van der Waals surface area (Å²) in [6.45, 7) is 2.01. The van der Waals surface area contributed by atoms with Crippen LogP contribution in [0.25, 0.3) is 0 Å². The van der Waals surface area contributed by atoms with Crippen molar-refractivity contribution in [1.82, 2.24) is 10.2 Å². The van der Waals surface area contributed by atoms with E-state index in [4.69, 9.17) is 34.8 Å². The van der Waals surface area contributed by atoms with Gasteiger partial charge in [0, 0.05) is 46.2 Å². The first-order valence-electron chi connectivity index (χ1n) is 13.3. The summed E-state index contributed by atoms with van der Waals surface area (Å²) in [5.41, 5.74) is 0.991. The van der Waals surface area contributed by atoms with Crippen molar-refractivity contribution in [3.05, 3.63) is 63.1 Å². The summed E-state index contributed by atoms with van der Waals surface area (Å²) in [7, 11) is -3.61. The molecule has 1 aliphatic carbocycles. The van der Waals surface area contributed by atoms with Gasteiger partial charge in [0.1, 0.15) is 6.04 Å². The van der Waals surface area contributed by atoms with Crippen LogP contribution in [0.2, 0.25) is 15.1 Å². The lowest BCUT2D eigenvalue weighted by molar-refractivity contribution is -0.141. The minimum atomic E-state index is -3.61. The van der Waals surface area contributed by atoms with Crippen molar-refractivity contribution in [2.24, 2.45) is 0 Å². The van der Waals surface area contributed by atoms with Crippen molar-refractivity contribution in [2.45, 2.75) is 76.9 Å². The lowest BCUT2D eigenvalue weighted by atomic mass is 9.95. The fourth-order valence-corrected chi connectivity index (χ4v) is 6.61. The molecule has 1 N–H and O–H groups in total. The number of benzene rings is 2. The van der Waals surface area contributed by atoms with Gasteiger partial charge in [-0.3, -0.25) is 13.9 Å². The number of rotatable bonds is 12. The molecule has 1 fully saturated rings. The van der Waals surface area contributed by atoms with Crippen LogP contribution in [-0.2, 0) is 26.2 Å². The van der Waals surface area contributed by atoms with Crippen LogP contribution in [0.3, 0.4) is 0 Å². The number of carbonyl (C=O) groups excluding carboxylic acids is 2. The monoisotopic (exact) mass is 615 g/mol. The van der Waals surface area contributed by atoms with Crippen LogP contribution in [0.4, 0.5) is 5.69 Å². The van der Waals surface area contributed by atoms with Crippen molar-refractivity contribution in [3.63, 3.8) is 0 Å². The second-order valence-corrected chi connectivity index (χ2v) is 13.1. The van der Waals surface area contributed by atoms with Crippen molar-refractivity contribution < 1.29 is 18.0 Å². The Labute approximate surface area is 246 Å². The molecular weight excluding hydrogens is 581 g/mol. The molecule has 1 unspecified atom stereocenters. The Balaban J connectivity index is 1.80. The molecule has 0 heterocycles. The molecule has 2 aromatic carbocycles. The lowest BCUT2D eigenvalue weighted by Crippen LogP contribution is -2.51. The van der Waals surface area contributed by atoms with Crippen molar-refractivity contribution in [2.75, 3.05) is 17.1 Å². The van der Waals surface area contributed by atoms with Gasteiger partial charge in [0.2, 0.25) is 21.8 Å². The zero-order chi connectivity index (χ0) is 28.6. The van der Waals surface area contributed by atoms with Gasteiger partial charge in [-0.25, -0.2) is 8.42 Å². The Hall–Kier alpha value is -2.00. The van der Waals surface area contributed by atoms with E-state index >= 15 is 0 Å². The fourth-order valence-electron chi connectivity index (χ4n) is 4.95. The van der Waals surface area contributed by atoms with Gasteiger partial charge in [0.15, 0.2) is 0 Å². The molecule has 1 saturated carbocycles. The van der Waals surface area contributed by atoms with E-state index in [1.54, 1.807) is 42.5 Å². The maximum absolute atomic E-state index is 13.7. The van der Waals surface area contributed by atoms with Crippen LogP contribution in [0.1, 0.15) is 63.9 Å². The average Bonchev–Trinajstić information content (AvgIpc) is 2.88. The molecule has 0 saturated heterocycles. The predicted molar refractivity (Wildman–Crippen MR) is 159 cm³/mol. The van der Waals surface area contributed by atoms with Crippen molar-refractivity contribution >= 4 is 62.3 Å². The third-order valence-corrected chi connectivity index (χ3v) is 9.11. The Morgan fingerprint density at radius 2 is 1.67 bits per heavy atom. The standard InChI is InChI=1S/C28H36Cl3N3O4S/c1-3-26(28(36)32-21-11-5-4-6-12-21)33(19-23-24(30)14-8-15-25(23)31)27(35)16-9-17-34(39(2,37)38)22-13-7-10-20(29)18-22/h7-8,10,13-15,18,21,26H,3-6,9,11-12,16-17,19H2,1-2H3,(H,32,36). The van der Waals surface area contributed by atoms with Crippen LogP contribution in [-0.4, -0.2) is 50.0 Å². The highest BCUT2D eigenvalue weighted by atomic mass is 35.5. The third kappa shape index (κ3) is 9.00. The van der Waals surface area contributed by atoms with Gasteiger partial charge in [0.25, 0.3) is 0 Å². The second kappa shape index (κ2) is 14.6. The molecule has 11 heteroatoms. The zero-order valence-electron chi connectivity index (χ0n) is 22.3. The molecule has 3 rings (SSSR count). The highest BCUT2D eigenvalue weighted by Gasteiger charge is 2.31. The summed E-state index contributed by atoms with van der Waals surface area (Å²) in [5.74, 6) is -0.478. The van der Waals surface area contributed by atoms with Crippen molar-refractivity contribution in [1.29, 1.82) is 0 Å². The number of carbonyl (C=O) groups is 2. The minimum absolute atomic E-state index is 0.0296. The second-order valence-electron chi connectivity index (χ2n) is 9.91. The highest BCUT2D eigenvalue weighted by Crippen LogP contribution is 2.28. The molecule has 2 amide bonds. The SMILES string of the molecule is CCC(C(=O)NC1CCCCC1)N(Cc1c(Cl)cccc1Cl)C(=O)CCCN(c1cccc(Cl)c1)S(C)(=O)=O. The molecule has 0 aliphatic heterocycles. The normalized spacial score (nSPS) is 15.0. The van der Waals surface area contributed by atoms with E-state index in [9.17, 15) is 18.0 Å². The van der Waals surface area contributed by atoms with E-state index in [-0.39, 0.29) is 43.8 Å². The number of halogens is 3. The van der Waals surface area contributed by atoms with Gasteiger partial charge in [-0.15, -0.1) is 0 Å². The number of hydrogen-bond acceptors (Lipinski definition) is 4. The van der Waals surface area contributed by atoms with Crippen molar-refractivity contribution in [3.8, 4) is 0 Å². The summed E-state index contributed by atoms with van der Waals surface area (Å²) in [6, 6.07) is 11.1. The van der Waals surface area contributed by atoms with E-state index in [1.807, 2.05) is 6.92 Å². The first-order chi connectivity index (χ1) is 18.5. The van der Waals surface area contributed by atoms with E-state index in [1.165, 1.54) is 15.6 Å². The molecule has 0 radical (unpaired) electrons. The largest absolute Gasteiger partial charge is 0.352 e. The van der Waals surface area contributed by atoms with Crippen LogP contribution < -0.4 is 9.62 Å². The lowest BCUT2D eigenvalue weighted by Gasteiger charge is -2.33. The number of sulfonamides is 1. The summed E-state index contributed by atoms with van der Waals surface area (Å²) >= 11 is 18.9. The van der Waals surface area contributed by atoms with E-state index in [0.717, 1.165) is 31.9 Å². The molecule has 7 nitrogen and oxygen atoms in total. The number of nitrogens with one attached hydrogen (secondary N) is 1. The summed E-state index contributed by atoms with van der Waals surface area (Å²) < 4.78 is 26.2.